The summed E-state index contributed by atoms with van der Waals surface area (Å²) < 4.78 is 91.3. The summed E-state index contributed by atoms with van der Waals surface area (Å²) in [4.78, 5) is 165. The Labute approximate surface area is 434 Å². The summed E-state index contributed by atoms with van der Waals surface area (Å²) in [7, 11) is -36.7. The summed E-state index contributed by atoms with van der Waals surface area (Å²) in [6, 6.07) is 0. The van der Waals surface area contributed by atoms with Crippen LogP contribution in [0.4, 0.5) is 0 Å². The third-order valence-electron chi connectivity index (χ3n) is 8.92. The van der Waals surface area contributed by atoms with Gasteiger partial charge in [-0.2, -0.15) is 0 Å². The van der Waals surface area contributed by atoms with Crippen molar-refractivity contribution in [1.29, 1.82) is 0 Å². The van der Waals surface area contributed by atoms with E-state index >= 15 is 0 Å². The third kappa shape index (κ3) is 42.4. The Hall–Kier alpha value is 3.09. The van der Waals surface area contributed by atoms with Gasteiger partial charge < -0.3 is 92.0 Å². The molecule has 0 aliphatic carbocycles. The van der Waals surface area contributed by atoms with E-state index in [1.807, 2.05) is 0 Å². The van der Waals surface area contributed by atoms with Crippen molar-refractivity contribution in [2.45, 2.75) is 0 Å². The fraction of sp³-hybridized carbons (Fsp3) is 1.00. The average molecular weight is 1270 g/mol. The normalized spacial score (nSPS) is 22.8. The predicted octanol–water partition coefficient (Wildman–Crippen LogP) is -6.04. The van der Waals surface area contributed by atoms with Crippen LogP contribution in [0.1, 0.15) is 2.85 Å². The zero-order valence-corrected chi connectivity index (χ0v) is 48.4. The first-order valence-electron chi connectivity index (χ1n) is 18.7. The Kier molecular flexibility index (Phi) is 33.7. The molecule has 3 atom stereocenters. The van der Waals surface area contributed by atoms with Gasteiger partial charge in [-0.25, -0.2) is 0 Å². The Bertz CT molecular complexity index is 1420. The van der Waals surface area contributed by atoms with Gasteiger partial charge in [0.1, 0.15) is 54.2 Å². The van der Waals surface area contributed by atoms with Gasteiger partial charge in [0, 0.05) is 106 Å². The molecule has 0 radical (unpaired) electrons. The summed E-state index contributed by atoms with van der Waals surface area (Å²) >= 11 is 0. The van der Waals surface area contributed by atoms with E-state index in [0.717, 1.165) is 0 Å². The maximum atomic E-state index is 11.5. The van der Waals surface area contributed by atoms with E-state index < -0.39 is 111 Å². The second-order valence-electron chi connectivity index (χ2n) is 15.3. The van der Waals surface area contributed by atoms with E-state index in [1.165, 1.54) is 39.2 Å². The SMILES string of the molecule is O=P([O-])(O)CN1CCN(CP(=O)(O)O)CCN(CP(=O)(O)O)CCN(CP(=O)(O)O)CC1.O=P([O-])(O)CN1CCN(CP(=O)([O-])O)CCN(CP(=O)(O)O)CCN(CP(=O)(O)O)CC1.[H+].[HH].[Y+3].[Y+3]. The zero-order chi connectivity index (χ0) is 49.6. The fourth-order valence-corrected chi connectivity index (χ4v) is 12.7. The fourth-order valence-electron chi connectivity index (χ4n) is 6.35. The molecule has 0 aromatic heterocycles. The largest absolute Gasteiger partial charge is 3.00 e. The molecule has 2 aliphatic heterocycles. The molecule has 3 unspecified atom stereocenters. The van der Waals surface area contributed by atoms with Crippen LogP contribution >= 0.6 is 60.8 Å². The van der Waals surface area contributed by atoms with Gasteiger partial charge in [-0.1, -0.05) is 0 Å². The van der Waals surface area contributed by atoms with Gasteiger partial charge in [0.15, 0.2) is 0 Å². The van der Waals surface area contributed by atoms with Crippen LogP contribution in [0.5, 0.6) is 0 Å². The van der Waals surface area contributed by atoms with E-state index in [9.17, 15) is 115 Å². The van der Waals surface area contributed by atoms with Crippen LogP contribution < -0.4 is 14.7 Å². The molecule has 2 aliphatic rings. The van der Waals surface area contributed by atoms with Gasteiger partial charge in [0.25, 0.3) is 0 Å². The van der Waals surface area contributed by atoms with Crippen molar-refractivity contribution in [3.05, 3.63) is 0 Å². The van der Waals surface area contributed by atoms with Crippen molar-refractivity contribution < 1.29 is 183 Å². The second-order valence-corrected chi connectivity index (χ2v) is 28.0. The van der Waals surface area contributed by atoms with Crippen molar-refractivity contribution in [1.82, 2.24) is 39.2 Å². The molecule has 32 nitrogen and oxygen atoms in total. The van der Waals surface area contributed by atoms with Crippen molar-refractivity contribution in [2.75, 3.05) is 155 Å². The molecule has 0 spiro atoms. The molecule has 2 fully saturated rings. The summed E-state index contributed by atoms with van der Waals surface area (Å²) in [6.45, 7) is -0.680. The summed E-state index contributed by atoms with van der Waals surface area (Å²) in [6.07, 6.45) is -5.64. The third-order valence-corrected chi connectivity index (χ3v) is 15.0. The van der Waals surface area contributed by atoms with Crippen molar-refractivity contribution in [3.8, 4) is 0 Å². The van der Waals surface area contributed by atoms with E-state index in [-0.39, 0.29) is 173 Å². The smallest absolute Gasteiger partial charge is 0.778 e. The maximum absolute atomic E-state index is 11.5. The average Bonchev–Trinajstić information content (AvgIpc) is 3.02. The quantitative estimate of drug-likeness (QED) is 0.0640. The summed E-state index contributed by atoms with van der Waals surface area (Å²) in [5.74, 6) is 0. The van der Waals surface area contributed by atoms with Crippen LogP contribution in [0.25, 0.3) is 0 Å². The zero-order valence-electron chi connectivity index (χ0n) is 36.6. The Balaban J connectivity index is -0.000000569. The minimum atomic E-state index is -4.74. The van der Waals surface area contributed by atoms with E-state index in [4.69, 9.17) is 0 Å². The van der Waals surface area contributed by atoms with Gasteiger partial charge in [-0.3, -0.25) is 62.0 Å². The molecule has 42 heteroatoms. The molecule has 66 heavy (non-hydrogen) atoms. The monoisotopic (exact) mass is 1270 g/mol. The van der Waals surface area contributed by atoms with Crippen LogP contribution in [0.3, 0.4) is 0 Å². The van der Waals surface area contributed by atoms with Crippen molar-refractivity contribution in [3.63, 3.8) is 0 Å². The van der Waals surface area contributed by atoms with Gasteiger partial charge in [0.2, 0.25) is 0 Å². The van der Waals surface area contributed by atoms with Crippen molar-refractivity contribution >= 4 is 60.8 Å². The molecular formula is C24H64N8O24P8Y2+4. The van der Waals surface area contributed by atoms with Crippen LogP contribution in [0.15, 0.2) is 0 Å². The molecule has 0 saturated carbocycles. The molecule has 386 valence electrons. The Morgan fingerprint density at radius 1 is 0.273 bits per heavy atom. The minimum Gasteiger partial charge on any atom is -0.778 e. The van der Waals surface area contributed by atoms with E-state index in [1.54, 1.807) is 0 Å². The van der Waals surface area contributed by atoms with Gasteiger partial charge in [-0.05, 0) is 0 Å². The number of hydrogen-bond donors (Lipinski definition) is 13. The second kappa shape index (κ2) is 31.2. The Morgan fingerprint density at radius 3 is 0.439 bits per heavy atom. The summed E-state index contributed by atoms with van der Waals surface area (Å²) in [5, 5.41) is 0. The van der Waals surface area contributed by atoms with Crippen molar-refractivity contribution in [2.24, 2.45) is 0 Å². The van der Waals surface area contributed by atoms with E-state index in [0.29, 0.717) is 0 Å². The van der Waals surface area contributed by atoms with Gasteiger partial charge in [0.05, 0.1) is 18.9 Å². The first-order valence-corrected chi connectivity index (χ1v) is 33.0. The van der Waals surface area contributed by atoms with Gasteiger partial charge >= 0.3 is 105 Å². The van der Waals surface area contributed by atoms with Crippen LogP contribution in [-0.4, -0.2) is 258 Å². The number of rotatable bonds is 16. The molecule has 2 saturated heterocycles. The van der Waals surface area contributed by atoms with Crippen LogP contribution in [0, 0.1) is 0 Å². The predicted molar refractivity (Wildman–Crippen MR) is 224 cm³/mol. The maximum Gasteiger partial charge on any atom is 3.00 e. The minimum absolute atomic E-state index is 0. The molecule has 0 aromatic rings. The summed E-state index contributed by atoms with van der Waals surface area (Å²) in [5.41, 5.74) is 0. The molecule has 0 amide bonds. The number of hydrogen-bond acceptors (Lipinski definition) is 19. The molecule has 2 rings (SSSR count). The molecule has 2 heterocycles. The topological polar surface area (TPSA) is 495 Å². The first-order chi connectivity index (χ1) is 28.6. The van der Waals surface area contributed by atoms with Gasteiger partial charge in [-0.15, -0.1) is 0 Å². The molecule has 0 bridgehead atoms. The number of nitrogens with zero attached hydrogens (tertiary/aromatic N) is 8. The first kappa shape index (κ1) is 71.2. The standard InChI is InChI=1S/2C12H32N4O12P4.2Y.H2/c2*17-29(18,19)9-13-1-2-14(10-30(20,21)22)5-6-16(12-32(26,27)28)8-7-15(4-3-13)11-31(23,24)25;;;/h2*1-12H2,(H2,17,18,19)(H2,20,21,22)(H2,23,24,25)(H2,26,27,28);;;1H/q;;2*+3;/p-2. The molecule has 13 N–H and O–H groups in total. The molecular weight excluding hydrogens is 1210 g/mol. The van der Waals surface area contributed by atoms with Crippen LogP contribution in [0.2, 0.25) is 0 Å². The van der Waals surface area contributed by atoms with E-state index in [2.05, 4.69) is 0 Å². The van der Waals surface area contributed by atoms with Crippen LogP contribution in [-0.2, 0) is 102 Å². The Morgan fingerprint density at radius 2 is 0.364 bits per heavy atom. The molecule has 0 aromatic carbocycles.